The maximum Gasteiger partial charge on any atom is 0.240 e. The molecular formula is C15H19ClN4O. The fourth-order valence-electron chi connectivity index (χ4n) is 3.08. The van der Waals surface area contributed by atoms with Crippen LogP contribution in [0.1, 0.15) is 31.6 Å². The van der Waals surface area contributed by atoms with Crippen LogP contribution in [-0.2, 0) is 4.79 Å². The van der Waals surface area contributed by atoms with Crippen molar-refractivity contribution in [3.05, 3.63) is 24.2 Å². The highest BCUT2D eigenvalue weighted by molar-refractivity contribution is 6.30. The predicted molar refractivity (Wildman–Crippen MR) is 82.4 cm³/mol. The molecule has 2 aromatic heterocycles. The summed E-state index contributed by atoms with van der Waals surface area (Å²) in [5, 5.41) is -0.445. The Bertz CT molecular complexity index is 659. The van der Waals surface area contributed by atoms with Crippen molar-refractivity contribution >= 4 is 28.7 Å². The summed E-state index contributed by atoms with van der Waals surface area (Å²) in [6.45, 7) is 5.23. The lowest BCUT2D eigenvalue weighted by molar-refractivity contribution is -0.131. The Morgan fingerprint density at radius 1 is 1.43 bits per heavy atom. The summed E-state index contributed by atoms with van der Waals surface area (Å²) in [5.74, 6) is 1.01. The van der Waals surface area contributed by atoms with Gasteiger partial charge in [0.1, 0.15) is 16.7 Å². The van der Waals surface area contributed by atoms with E-state index in [1.807, 2.05) is 24.0 Å². The molecule has 0 bridgehead atoms. The van der Waals surface area contributed by atoms with Crippen LogP contribution in [0, 0.1) is 6.92 Å². The van der Waals surface area contributed by atoms with Gasteiger partial charge in [-0.2, -0.15) is 0 Å². The molecule has 0 radical (unpaired) electrons. The van der Waals surface area contributed by atoms with Crippen LogP contribution in [0.2, 0.25) is 0 Å². The molecule has 1 amide bonds. The monoisotopic (exact) mass is 306 g/mol. The number of likely N-dealkylation sites (tertiary alicyclic amines) is 1. The SMILES string of the molecule is Cc1nc2cccnc2n1C1CCN(C(=O)C(C)Cl)CC1. The van der Waals surface area contributed by atoms with Gasteiger partial charge in [0.2, 0.25) is 5.91 Å². The van der Waals surface area contributed by atoms with E-state index in [1.54, 1.807) is 13.1 Å². The molecule has 3 heterocycles. The Morgan fingerprint density at radius 2 is 2.14 bits per heavy atom. The number of carbonyl (C=O) groups is 1. The van der Waals surface area contributed by atoms with Gasteiger partial charge in [0.25, 0.3) is 0 Å². The van der Waals surface area contributed by atoms with Gasteiger partial charge < -0.3 is 9.47 Å². The number of alkyl halides is 1. The first-order chi connectivity index (χ1) is 10.1. The minimum Gasteiger partial charge on any atom is -0.341 e. The zero-order chi connectivity index (χ0) is 15.0. The summed E-state index contributed by atoms with van der Waals surface area (Å²) in [6.07, 6.45) is 3.63. The standard InChI is InChI=1S/C15H19ClN4O/c1-10(16)15(21)19-8-5-12(6-9-19)20-11(2)18-13-4-3-7-17-14(13)20/h3-4,7,10,12H,5-6,8-9H2,1-2H3. The van der Waals surface area contributed by atoms with Crippen LogP contribution < -0.4 is 0 Å². The summed E-state index contributed by atoms with van der Waals surface area (Å²) >= 11 is 5.88. The second-order valence-electron chi connectivity index (χ2n) is 5.55. The highest BCUT2D eigenvalue weighted by atomic mass is 35.5. The molecular weight excluding hydrogens is 288 g/mol. The molecule has 1 saturated heterocycles. The van der Waals surface area contributed by atoms with Crippen LogP contribution in [0.5, 0.6) is 0 Å². The van der Waals surface area contributed by atoms with Crippen molar-refractivity contribution in [3.63, 3.8) is 0 Å². The highest BCUT2D eigenvalue weighted by Crippen LogP contribution is 2.28. The van der Waals surface area contributed by atoms with E-state index in [0.29, 0.717) is 6.04 Å². The summed E-state index contributed by atoms with van der Waals surface area (Å²) < 4.78 is 2.21. The average molecular weight is 307 g/mol. The van der Waals surface area contributed by atoms with Gasteiger partial charge in [-0.3, -0.25) is 4.79 Å². The van der Waals surface area contributed by atoms with Crippen LogP contribution >= 0.6 is 11.6 Å². The molecule has 3 rings (SSSR count). The topological polar surface area (TPSA) is 51.0 Å². The highest BCUT2D eigenvalue weighted by Gasteiger charge is 2.27. The van der Waals surface area contributed by atoms with Gasteiger partial charge >= 0.3 is 0 Å². The van der Waals surface area contributed by atoms with E-state index in [2.05, 4.69) is 14.5 Å². The lowest BCUT2D eigenvalue weighted by Crippen LogP contribution is -2.42. The maximum absolute atomic E-state index is 11.9. The molecule has 1 atom stereocenters. The quantitative estimate of drug-likeness (QED) is 0.801. The number of fused-ring (bicyclic) bond motifs is 1. The van der Waals surface area contributed by atoms with Crippen molar-refractivity contribution < 1.29 is 4.79 Å². The first-order valence-electron chi connectivity index (χ1n) is 7.30. The molecule has 1 fully saturated rings. The molecule has 0 spiro atoms. The van der Waals surface area contributed by atoms with Crippen molar-refractivity contribution in [3.8, 4) is 0 Å². The van der Waals surface area contributed by atoms with Crippen LogP contribution in [0.25, 0.3) is 11.2 Å². The lowest BCUT2D eigenvalue weighted by atomic mass is 10.0. The molecule has 6 heteroatoms. The second kappa shape index (κ2) is 5.64. The minimum atomic E-state index is -0.445. The number of aromatic nitrogens is 3. The number of pyridine rings is 1. The molecule has 5 nitrogen and oxygen atoms in total. The number of imidazole rings is 1. The van der Waals surface area contributed by atoms with E-state index in [0.717, 1.165) is 42.9 Å². The van der Waals surface area contributed by atoms with Gasteiger partial charge in [-0.25, -0.2) is 9.97 Å². The van der Waals surface area contributed by atoms with Gasteiger partial charge in [0, 0.05) is 25.3 Å². The molecule has 1 aliphatic heterocycles. The van der Waals surface area contributed by atoms with Crippen LogP contribution in [0.4, 0.5) is 0 Å². The van der Waals surface area contributed by atoms with E-state index in [1.165, 1.54) is 0 Å². The Balaban J connectivity index is 1.80. The normalized spacial score (nSPS) is 18.1. The molecule has 1 unspecified atom stereocenters. The number of amides is 1. The van der Waals surface area contributed by atoms with Gasteiger partial charge in [-0.1, -0.05) is 0 Å². The van der Waals surface area contributed by atoms with Gasteiger partial charge in [0.05, 0.1) is 0 Å². The molecule has 21 heavy (non-hydrogen) atoms. The number of hydrogen-bond acceptors (Lipinski definition) is 3. The van der Waals surface area contributed by atoms with Crippen LogP contribution in [0.15, 0.2) is 18.3 Å². The summed E-state index contributed by atoms with van der Waals surface area (Å²) in [4.78, 5) is 22.8. The summed E-state index contributed by atoms with van der Waals surface area (Å²) in [7, 11) is 0. The molecule has 2 aromatic rings. The van der Waals surface area contributed by atoms with Gasteiger partial charge in [0.15, 0.2) is 5.65 Å². The predicted octanol–water partition coefficient (Wildman–Crippen LogP) is 2.53. The van der Waals surface area contributed by atoms with Gasteiger partial charge in [-0.05, 0) is 38.8 Å². The number of rotatable bonds is 2. The third kappa shape index (κ3) is 2.62. The zero-order valence-electron chi connectivity index (χ0n) is 12.3. The number of piperidine rings is 1. The molecule has 0 N–H and O–H groups in total. The van der Waals surface area contributed by atoms with Crippen molar-refractivity contribution in [1.29, 1.82) is 0 Å². The van der Waals surface area contributed by atoms with E-state index >= 15 is 0 Å². The van der Waals surface area contributed by atoms with E-state index in [4.69, 9.17) is 11.6 Å². The van der Waals surface area contributed by atoms with E-state index < -0.39 is 5.38 Å². The number of carbonyl (C=O) groups excluding carboxylic acids is 1. The fraction of sp³-hybridized carbons (Fsp3) is 0.533. The Kier molecular flexibility index (Phi) is 3.85. The third-order valence-electron chi connectivity index (χ3n) is 4.11. The molecule has 0 aromatic carbocycles. The minimum absolute atomic E-state index is 0.0282. The lowest BCUT2D eigenvalue weighted by Gasteiger charge is -2.33. The Hall–Kier alpha value is -1.62. The third-order valence-corrected chi connectivity index (χ3v) is 4.29. The first-order valence-corrected chi connectivity index (χ1v) is 7.74. The van der Waals surface area contributed by atoms with E-state index in [-0.39, 0.29) is 5.91 Å². The molecule has 1 aliphatic rings. The number of hydrogen-bond donors (Lipinski definition) is 0. The van der Waals surface area contributed by atoms with Crippen LogP contribution in [-0.4, -0.2) is 43.8 Å². The smallest absolute Gasteiger partial charge is 0.240 e. The Morgan fingerprint density at radius 3 is 2.81 bits per heavy atom. The fourth-order valence-corrected chi connectivity index (χ4v) is 3.21. The number of aryl methyl sites for hydroxylation is 1. The second-order valence-corrected chi connectivity index (χ2v) is 6.20. The maximum atomic E-state index is 11.9. The van der Waals surface area contributed by atoms with Crippen molar-refractivity contribution in [2.75, 3.05) is 13.1 Å². The Labute approximate surface area is 128 Å². The zero-order valence-corrected chi connectivity index (χ0v) is 13.0. The van der Waals surface area contributed by atoms with Crippen molar-refractivity contribution in [2.45, 2.75) is 38.1 Å². The molecule has 112 valence electrons. The van der Waals surface area contributed by atoms with E-state index in [9.17, 15) is 4.79 Å². The molecule has 0 saturated carbocycles. The first kappa shape index (κ1) is 14.3. The largest absolute Gasteiger partial charge is 0.341 e. The number of halogens is 1. The summed E-state index contributed by atoms with van der Waals surface area (Å²) in [5.41, 5.74) is 1.87. The van der Waals surface area contributed by atoms with Crippen LogP contribution in [0.3, 0.4) is 0 Å². The van der Waals surface area contributed by atoms with Gasteiger partial charge in [-0.15, -0.1) is 11.6 Å². The average Bonchev–Trinajstić information content (AvgIpc) is 2.82. The summed E-state index contributed by atoms with van der Waals surface area (Å²) in [6, 6.07) is 4.24. The molecule has 0 aliphatic carbocycles. The van der Waals surface area contributed by atoms with Crippen molar-refractivity contribution in [2.24, 2.45) is 0 Å². The van der Waals surface area contributed by atoms with Crippen molar-refractivity contribution in [1.82, 2.24) is 19.4 Å². The number of nitrogens with zero attached hydrogens (tertiary/aromatic N) is 4.